The minimum absolute atomic E-state index is 0.00212. The molecule has 26 heavy (non-hydrogen) atoms. The average Bonchev–Trinajstić information content (AvgIpc) is 3.13. The molecule has 2 rings (SSSR count). The molecule has 0 aliphatic heterocycles. The van der Waals surface area contributed by atoms with Crippen molar-refractivity contribution >= 4 is 34.6 Å². The molecule has 0 radical (unpaired) electrons. The second-order valence-electron chi connectivity index (χ2n) is 5.34. The molecular weight excluding hydrogens is 360 g/mol. The predicted molar refractivity (Wildman–Crippen MR) is 96.5 cm³/mol. The summed E-state index contributed by atoms with van der Waals surface area (Å²) < 4.78 is 10.0. The maximum atomic E-state index is 12.2. The number of benzene rings is 1. The number of amides is 1. The summed E-state index contributed by atoms with van der Waals surface area (Å²) in [6, 6.07) is 7.86. The Bertz CT molecular complexity index is 791. The number of rotatable bonds is 8. The van der Waals surface area contributed by atoms with Crippen molar-refractivity contribution in [3.8, 4) is 5.75 Å². The molecule has 1 atom stereocenters. The van der Waals surface area contributed by atoms with Crippen LogP contribution in [0.3, 0.4) is 0 Å². The zero-order valence-corrected chi connectivity index (χ0v) is 15.1. The summed E-state index contributed by atoms with van der Waals surface area (Å²) in [6.45, 7) is 1.41. The number of carbonyl (C=O) groups is 2. The SMILES string of the molecule is COc1ccc(NC(=O)[C@@H](C)OC(=O)CCc2cccs2)c([N+](=O)[O-])c1. The highest BCUT2D eigenvalue weighted by molar-refractivity contribution is 7.09. The number of aryl methyl sites for hydroxylation is 1. The molecule has 8 nitrogen and oxygen atoms in total. The van der Waals surface area contributed by atoms with E-state index in [2.05, 4.69) is 5.32 Å². The third-order valence-electron chi connectivity index (χ3n) is 3.49. The number of thiophene rings is 1. The molecule has 0 bridgehead atoms. The summed E-state index contributed by atoms with van der Waals surface area (Å²) >= 11 is 1.54. The zero-order valence-electron chi connectivity index (χ0n) is 14.3. The Balaban J connectivity index is 1.94. The summed E-state index contributed by atoms with van der Waals surface area (Å²) in [7, 11) is 1.38. The first kappa shape index (κ1) is 19.4. The number of anilines is 1. The molecule has 0 fully saturated rings. The average molecular weight is 378 g/mol. The van der Waals surface area contributed by atoms with Crippen LogP contribution in [-0.2, 0) is 20.7 Å². The highest BCUT2D eigenvalue weighted by Crippen LogP contribution is 2.29. The molecule has 2 aromatic rings. The van der Waals surface area contributed by atoms with Crippen molar-refractivity contribution in [1.29, 1.82) is 0 Å². The first-order valence-corrected chi connectivity index (χ1v) is 8.64. The van der Waals surface area contributed by atoms with Crippen LogP contribution in [0.1, 0.15) is 18.2 Å². The first-order valence-electron chi connectivity index (χ1n) is 7.76. The lowest BCUT2D eigenvalue weighted by Gasteiger charge is -2.14. The summed E-state index contributed by atoms with van der Waals surface area (Å²) in [5.74, 6) is -0.865. The van der Waals surface area contributed by atoms with Gasteiger partial charge in [-0.3, -0.25) is 19.7 Å². The second-order valence-corrected chi connectivity index (χ2v) is 6.37. The number of nitro groups is 1. The molecule has 0 saturated heterocycles. The van der Waals surface area contributed by atoms with Crippen molar-refractivity contribution in [2.45, 2.75) is 25.9 Å². The van der Waals surface area contributed by atoms with Crippen LogP contribution >= 0.6 is 11.3 Å². The fourth-order valence-electron chi connectivity index (χ4n) is 2.12. The second kappa shape index (κ2) is 8.95. The van der Waals surface area contributed by atoms with Crippen LogP contribution in [0.4, 0.5) is 11.4 Å². The Morgan fingerprint density at radius 2 is 2.12 bits per heavy atom. The number of carbonyl (C=O) groups excluding carboxylic acids is 2. The molecule has 1 aromatic carbocycles. The van der Waals surface area contributed by atoms with Gasteiger partial charge in [-0.2, -0.15) is 0 Å². The van der Waals surface area contributed by atoms with E-state index >= 15 is 0 Å². The molecule has 138 valence electrons. The number of nitro benzene ring substituents is 1. The van der Waals surface area contributed by atoms with Gasteiger partial charge < -0.3 is 14.8 Å². The number of methoxy groups -OCH3 is 1. The van der Waals surface area contributed by atoms with E-state index in [-0.39, 0.29) is 17.8 Å². The van der Waals surface area contributed by atoms with Gasteiger partial charge in [0, 0.05) is 4.88 Å². The first-order chi connectivity index (χ1) is 12.4. The maximum Gasteiger partial charge on any atom is 0.306 e. The molecule has 0 unspecified atom stereocenters. The van der Waals surface area contributed by atoms with Crippen molar-refractivity contribution in [2.75, 3.05) is 12.4 Å². The molecule has 1 amide bonds. The van der Waals surface area contributed by atoms with Crippen molar-refractivity contribution in [3.05, 3.63) is 50.7 Å². The largest absolute Gasteiger partial charge is 0.496 e. The smallest absolute Gasteiger partial charge is 0.306 e. The van der Waals surface area contributed by atoms with E-state index in [9.17, 15) is 19.7 Å². The number of ether oxygens (including phenoxy) is 2. The molecular formula is C17H18N2O6S. The lowest BCUT2D eigenvalue weighted by molar-refractivity contribution is -0.384. The fourth-order valence-corrected chi connectivity index (χ4v) is 2.83. The number of hydrogen-bond donors (Lipinski definition) is 1. The van der Waals surface area contributed by atoms with Gasteiger partial charge in [-0.1, -0.05) is 6.07 Å². The van der Waals surface area contributed by atoms with Crippen molar-refractivity contribution in [2.24, 2.45) is 0 Å². The minimum Gasteiger partial charge on any atom is -0.496 e. The van der Waals surface area contributed by atoms with Crippen LogP contribution in [0.15, 0.2) is 35.7 Å². The number of esters is 1. The number of nitrogens with zero attached hydrogens (tertiary/aromatic N) is 1. The van der Waals surface area contributed by atoms with E-state index in [0.717, 1.165) is 4.88 Å². The van der Waals surface area contributed by atoms with Crippen molar-refractivity contribution in [1.82, 2.24) is 0 Å². The van der Waals surface area contributed by atoms with E-state index in [1.54, 1.807) is 0 Å². The van der Waals surface area contributed by atoms with Gasteiger partial charge in [0.25, 0.3) is 11.6 Å². The summed E-state index contributed by atoms with van der Waals surface area (Å²) in [5, 5.41) is 15.5. The molecule has 0 spiro atoms. The molecule has 1 N–H and O–H groups in total. The Morgan fingerprint density at radius 1 is 1.35 bits per heavy atom. The lowest BCUT2D eigenvalue weighted by atomic mass is 10.2. The molecule has 1 aromatic heterocycles. The van der Waals surface area contributed by atoms with E-state index < -0.39 is 22.9 Å². The van der Waals surface area contributed by atoms with E-state index in [4.69, 9.17) is 9.47 Å². The fraction of sp³-hybridized carbons (Fsp3) is 0.294. The van der Waals surface area contributed by atoms with Gasteiger partial charge in [0.15, 0.2) is 6.10 Å². The van der Waals surface area contributed by atoms with Gasteiger partial charge in [-0.15, -0.1) is 11.3 Å². The van der Waals surface area contributed by atoms with Gasteiger partial charge >= 0.3 is 5.97 Å². The minimum atomic E-state index is -1.08. The van der Waals surface area contributed by atoms with Crippen LogP contribution in [0.25, 0.3) is 0 Å². The quantitative estimate of drug-likeness (QED) is 0.429. The molecule has 0 aliphatic rings. The van der Waals surface area contributed by atoms with E-state index in [1.807, 2.05) is 17.5 Å². The van der Waals surface area contributed by atoms with Gasteiger partial charge in [-0.05, 0) is 36.9 Å². The van der Waals surface area contributed by atoms with Crippen LogP contribution < -0.4 is 10.1 Å². The van der Waals surface area contributed by atoms with Crippen molar-refractivity contribution < 1.29 is 24.0 Å². The van der Waals surface area contributed by atoms with Gasteiger partial charge in [0.1, 0.15) is 11.4 Å². The Kier molecular flexibility index (Phi) is 6.67. The topological polar surface area (TPSA) is 108 Å². The Morgan fingerprint density at radius 3 is 2.73 bits per heavy atom. The summed E-state index contributed by atoms with van der Waals surface area (Å²) in [6.07, 6.45) is -0.386. The number of hydrogen-bond acceptors (Lipinski definition) is 7. The van der Waals surface area contributed by atoms with E-state index in [0.29, 0.717) is 12.2 Å². The predicted octanol–water partition coefficient (Wildman–Crippen LogP) is 3.17. The molecule has 1 heterocycles. The van der Waals surface area contributed by atoms with Crippen LogP contribution in [0.5, 0.6) is 5.75 Å². The zero-order chi connectivity index (χ0) is 19.1. The van der Waals surface area contributed by atoms with Gasteiger partial charge in [0.05, 0.1) is 24.5 Å². The monoisotopic (exact) mass is 378 g/mol. The molecule has 0 saturated carbocycles. The molecule has 0 aliphatic carbocycles. The molecule has 9 heteroatoms. The van der Waals surface area contributed by atoms with Crippen LogP contribution in [0, 0.1) is 10.1 Å². The number of nitrogens with one attached hydrogen (secondary N) is 1. The standard InChI is InChI=1S/C17H18N2O6S/c1-11(25-16(20)8-6-13-4-3-9-26-13)17(21)18-14-7-5-12(24-2)10-15(14)19(22)23/h3-5,7,9-11H,6,8H2,1-2H3,(H,18,21)/t11-/m1/s1. The lowest BCUT2D eigenvalue weighted by Crippen LogP contribution is -2.30. The van der Waals surface area contributed by atoms with Gasteiger partial charge in [0.2, 0.25) is 0 Å². The van der Waals surface area contributed by atoms with Crippen LogP contribution in [-0.4, -0.2) is 30.0 Å². The maximum absolute atomic E-state index is 12.2. The van der Waals surface area contributed by atoms with Gasteiger partial charge in [-0.25, -0.2) is 0 Å². The van der Waals surface area contributed by atoms with E-state index in [1.165, 1.54) is 43.6 Å². The third kappa shape index (κ3) is 5.28. The Labute approximate surface area is 153 Å². The normalized spacial score (nSPS) is 11.5. The summed E-state index contributed by atoms with van der Waals surface area (Å²) in [5.41, 5.74) is -0.309. The highest BCUT2D eigenvalue weighted by atomic mass is 32.1. The highest BCUT2D eigenvalue weighted by Gasteiger charge is 2.22. The third-order valence-corrected chi connectivity index (χ3v) is 4.43. The van der Waals surface area contributed by atoms with Crippen molar-refractivity contribution in [3.63, 3.8) is 0 Å². The van der Waals surface area contributed by atoms with Crippen LogP contribution in [0.2, 0.25) is 0 Å². The Hall–Kier alpha value is -2.94. The summed E-state index contributed by atoms with van der Waals surface area (Å²) in [4.78, 5) is 35.6.